The molecule has 0 spiro atoms. The van der Waals surface area contributed by atoms with E-state index in [2.05, 4.69) is 5.32 Å². The van der Waals surface area contributed by atoms with Crippen LogP contribution in [0.5, 0.6) is 11.5 Å². The number of sulfonamides is 1. The van der Waals surface area contributed by atoms with E-state index in [-0.39, 0.29) is 12.5 Å². The van der Waals surface area contributed by atoms with Crippen LogP contribution in [0, 0.1) is 0 Å². The van der Waals surface area contributed by atoms with E-state index in [4.69, 9.17) is 9.47 Å². The lowest BCUT2D eigenvalue weighted by Crippen LogP contribution is -2.51. The Morgan fingerprint density at radius 1 is 0.970 bits per heavy atom. The molecule has 9 nitrogen and oxygen atoms in total. The summed E-state index contributed by atoms with van der Waals surface area (Å²) in [7, 11) is 0.788. The van der Waals surface area contributed by atoms with Crippen molar-refractivity contribution in [1.82, 2.24) is 10.2 Å². The van der Waals surface area contributed by atoms with Gasteiger partial charge in [0.2, 0.25) is 21.8 Å². The van der Waals surface area contributed by atoms with Crippen LogP contribution in [-0.4, -0.2) is 65.2 Å². The second-order valence-electron chi connectivity index (χ2n) is 7.38. The number of methoxy groups -OCH3 is 2. The van der Waals surface area contributed by atoms with E-state index in [9.17, 15) is 18.0 Å². The first-order valence-electron chi connectivity index (χ1n) is 10.4. The molecule has 1 N–H and O–H groups in total. The highest BCUT2D eigenvalue weighted by atomic mass is 32.2. The molecule has 0 unspecified atom stereocenters. The van der Waals surface area contributed by atoms with E-state index in [0.717, 1.165) is 16.1 Å². The van der Waals surface area contributed by atoms with Gasteiger partial charge in [-0.25, -0.2) is 8.42 Å². The Bertz CT molecular complexity index is 1040. The van der Waals surface area contributed by atoms with Crippen LogP contribution in [0.4, 0.5) is 5.69 Å². The number of benzene rings is 2. The summed E-state index contributed by atoms with van der Waals surface area (Å²) in [5.74, 6) is 0.403. The number of hydrogen-bond donors (Lipinski definition) is 1. The Hall–Kier alpha value is -3.27. The molecule has 0 fully saturated rings. The van der Waals surface area contributed by atoms with Crippen molar-refractivity contribution in [3.63, 3.8) is 0 Å². The standard InChI is InChI=1S/C23H31N3O6S/c1-6-21(23(28)24-2)25(15-17-7-11-19(31-3)12-8-17)22(27)16-26(33(5,29)30)18-9-13-20(32-4)14-10-18/h7-14,21H,6,15-16H2,1-5H3,(H,24,28)/t21-/m1/s1. The Morgan fingerprint density at radius 2 is 1.48 bits per heavy atom. The summed E-state index contributed by atoms with van der Waals surface area (Å²) in [6, 6.07) is 12.7. The van der Waals surface area contributed by atoms with Crippen molar-refractivity contribution >= 4 is 27.5 Å². The molecule has 0 heterocycles. The summed E-state index contributed by atoms with van der Waals surface area (Å²) < 4.78 is 36.4. The Morgan fingerprint density at radius 3 is 1.91 bits per heavy atom. The van der Waals surface area contributed by atoms with Crippen LogP contribution in [0.15, 0.2) is 48.5 Å². The minimum absolute atomic E-state index is 0.134. The van der Waals surface area contributed by atoms with Crippen molar-refractivity contribution in [1.29, 1.82) is 0 Å². The van der Waals surface area contributed by atoms with Gasteiger partial charge >= 0.3 is 0 Å². The smallest absolute Gasteiger partial charge is 0.244 e. The number of likely N-dealkylation sites (N-methyl/N-ethyl adjacent to an activating group) is 1. The maximum atomic E-state index is 13.4. The number of rotatable bonds is 11. The molecule has 2 aromatic carbocycles. The van der Waals surface area contributed by atoms with E-state index in [0.29, 0.717) is 23.6 Å². The first kappa shape index (κ1) is 26.0. The molecule has 0 saturated heterocycles. The van der Waals surface area contributed by atoms with Crippen molar-refractivity contribution in [3.05, 3.63) is 54.1 Å². The lowest BCUT2D eigenvalue weighted by molar-refractivity contribution is -0.140. The summed E-state index contributed by atoms with van der Waals surface area (Å²) in [5.41, 5.74) is 1.10. The molecular formula is C23H31N3O6S. The molecule has 2 aromatic rings. The molecule has 2 amide bonds. The normalized spacial score (nSPS) is 11.9. The number of anilines is 1. The van der Waals surface area contributed by atoms with Gasteiger partial charge in [-0.1, -0.05) is 19.1 Å². The topological polar surface area (TPSA) is 105 Å². The third-order valence-electron chi connectivity index (χ3n) is 5.18. The molecule has 0 aliphatic carbocycles. The summed E-state index contributed by atoms with van der Waals surface area (Å²) in [4.78, 5) is 27.4. The second kappa shape index (κ2) is 11.6. The highest BCUT2D eigenvalue weighted by Crippen LogP contribution is 2.23. The molecule has 0 aliphatic rings. The number of nitrogens with zero attached hydrogens (tertiary/aromatic N) is 2. The third kappa shape index (κ3) is 6.85. The Balaban J connectivity index is 2.39. The fraction of sp³-hybridized carbons (Fsp3) is 0.391. The van der Waals surface area contributed by atoms with Gasteiger partial charge in [0, 0.05) is 13.6 Å². The zero-order valence-electron chi connectivity index (χ0n) is 19.6. The van der Waals surface area contributed by atoms with Crippen LogP contribution in [0.2, 0.25) is 0 Å². The van der Waals surface area contributed by atoms with Crippen molar-refractivity contribution in [2.75, 3.05) is 38.4 Å². The fourth-order valence-corrected chi connectivity index (χ4v) is 4.23. The minimum Gasteiger partial charge on any atom is -0.497 e. The SMILES string of the molecule is CC[C@H](C(=O)NC)N(Cc1ccc(OC)cc1)C(=O)CN(c1ccc(OC)cc1)S(C)(=O)=O. The number of nitrogens with one attached hydrogen (secondary N) is 1. The molecule has 0 radical (unpaired) electrons. The number of hydrogen-bond acceptors (Lipinski definition) is 6. The van der Waals surface area contributed by atoms with Crippen LogP contribution in [-0.2, 0) is 26.2 Å². The predicted molar refractivity (Wildman–Crippen MR) is 127 cm³/mol. The van der Waals surface area contributed by atoms with Crippen molar-refractivity contribution in [2.24, 2.45) is 0 Å². The number of carbonyl (C=O) groups is 2. The lowest BCUT2D eigenvalue weighted by Gasteiger charge is -2.32. The molecule has 0 saturated carbocycles. The minimum atomic E-state index is -3.78. The first-order chi connectivity index (χ1) is 15.6. The summed E-state index contributed by atoms with van der Waals surface area (Å²) >= 11 is 0. The van der Waals surface area contributed by atoms with E-state index >= 15 is 0 Å². The summed E-state index contributed by atoms with van der Waals surface area (Å²) in [5, 5.41) is 2.58. The van der Waals surface area contributed by atoms with Gasteiger partial charge in [-0.15, -0.1) is 0 Å². The maximum Gasteiger partial charge on any atom is 0.244 e. The van der Waals surface area contributed by atoms with Gasteiger partial charge in [0.25, 0.3) is 0 Å². The van der Waals surface area contributed by atoms with Crippen LogP contribution < -0.4 is 19.1 Å². The van der Waals surface area contributed by atoms with Crippen LogP contribution in [0.1, 0.15) is 18.9 Å². The average molecular weight is 478 g/mol. The first-order valence-corrected chi connectivity index (χ1v) is 12.2. The van der Waals surface area contributed by atoms with Gasteiger partial charge in [-0.3, -0.25) is 13.9 Å². The Labute approximate surface area is 195 Å². The highest BCUT2D eigenvalue weighted by Gasteiger charge is 2.31. The van der Waals surface area contributed by atoms with Crippen molar-refractivity contribution in [3.8, 4) is 11.5 Å². The van der Waals surface area contributed by atoms with Crippen molar-refractivity contribution in [2.45, 2.75) is 25.9 Å². The largest absolute Gasteiger partial charge is 0.497 e. The number of carbonyl (C=O) groups excluding carboxylic acids is 2. The van der Waals surface area contributed by atoms with Crippen LogP contribution in [0.25, 0.3) is 0 Å². The van der Waals surface area contributed by atoms with Crippen LogP contribution >= 0.6 is 0 Å². The second-order valence-corrected chi connectivity index (χ2v) is 9.28. The van der Waals surface area contributed by atoms with E-state index < -0.39 is 28.5 Å². The molecular weight excluding hydrogens is 446 g/mol. The number of amides is 2. The molecule has 10 heteroatoms. The molecule has 0 bridgehead atoms. The molecule has 0 aromatic heterocycles. The van der Waals surface area contributed by atoms with Gasteiger partial charge < -0.3 is 19.7 Å². The van der Waals surface area contributed by atoms with E-state index in [1.54, 1.807) is 62.6 Å². The van der Waals surface area contributed by atoms with E-state index in [1.807, 2.05) is 0 Å². The molecule has 33 heavy (non-hydrogen) atoms. The van der Waals surface area contributed by atoms with E-state index in [1.165, 1.54) is 19.1 Å². The summed E-state index contributed by atoms with van der Waals surface area (Å²) in [6.45, 7) is 1.48. The molecule has 0 aliphatic heterocycles. The zero-order valence-corrected chi connectivity index (χ0v) is 20.4. The maximum absolute atomic E-state index is 13.4. The Kier molecular flexibility index (Phi) is 9.10. The lowest BCUT2D eigenvalue weighted by atomic mass is 10.1. The monoisotopic (exact) mass is 477 g/mol. The molecule has 180 valence electrons. The van der Waals surface area contributed by atoms with Crippen LogP contribution in [0.3, 0.4) is 0 Å². The quantitative estimate of drug-likeness (QED) is 0.531. The van der Waals surface area contributed by atoms with Gasteiger partial charge in [-0.2, -0.15) is 0 Å². The summed E-state index contributed by atoms with van der Waals surface area (Å²) in [6.07, 6.45) is 1.40. The molecule has 1 atom stereocenters. The molecule has 2 rings (SSSR count). The third-order valence-corrected chi connectivity index (χ3v) is 6.32. The number of ether oxygens (including phenoxy) is 2. The van der Waals surface area contributed by atoms with Gasteiger partial charge in [-0.05, 0) is 48.4 Å². The van der Waals surface area contributed by atoms with Gasteiger partial charge in [0.1, 0.15) is 24.1 Å². The average Bonchev–Trinajstić information content (AvgIpc) is 2.81. The van der Waals surface area contributed by atoms with Gasteiger partial charge in [0.15, 0.2) is 0 Å². The highest BCUT2D eigenvalue weighted by molar-refractivity contribution is 7.92. The zero-order chi connectivity index (χ0) is 24.6. The predicted octanol–water partition coefficient (Wildman–Crippen LogP) is 2.02. The van der Waals surface area contributed by atoms with Gasteiger partial charge in [0.05, 0.1) is 26.2 Å². The fourth-order valence-electron chi connectivity index (χ4n) is 3.38. The van der Waals surface area contributed by atoms with Crippen molar-refractivity contribution < 1.29 is 27.5 Å².